The summed E-state index contributed by atoms with van der Waals surface area (Å²) >= 11 is 0. The third-order valence-corrected chi connectivity index (χ3v) is 2.46. The molecule has 20 heavy (non-hydrogen) atoms. The summed E-state index contributed by atoms with van der Waals surface area (Å²) in [7, 11) is 0. The van der Waals surface area contributed by atoms with Crippen molar-refractivity contribution >= 4 is 23.6 Å². The van der Waals surface area contributed by atoms with Gasteiger partial charge in [0, 0.05) is 30.8 Å². The highest BCUT2D eigenvalue weighted by molar-refractivity contribution is 5.92. The highest BCUT2D eigenvalue weighted by Crippen LogP contribution is 2.06. The maximum atomic E-state index is 11.5. The van der Waals surface area contributed by atoms with Crippen molar-refractivity contribution in [2.45, 2.75) is 26.3 Å². The van der Waals surface area contributed by atoms with Crippen LogP contribution < -0.4 is 16.4 Å². The second-order valence-electron chi connectivity index (χ2n) is 4.76. The van der Waals surface area contributed by atoms with E-state index in [9.17, 15) is 9.59 Å². The third-order valence-electron chi connectivity index (χ3n) is 2.46. The number of anilines is 1. The molecule has 0 unspecified atom stereocenters. The molecule has 0 spiro atoms. The van der Waals surface area contributed by atoms with Crippen LogP contribution in [0.25, 0.3) is 6.08 Å². The number of benzene rings is 1. The van der Waals surface area contributed by atoms with Gasteiger partial charge in [-0.15, -0.1) is 0 Å². The van der Waals surface area contributed by atoms with Crippen molar-refractivity contribution in [3.63, 3.8) is 0 Å². The number of rotatable bonds is 6. The van der Waals surface area contributed by atoms with Crippen molar-refractivity contribution in [1.29, 1.82) is 0 Å². The summed E-state index contributed by atoms with van der Waals surface area (Å²) in [4.78, 5) is 22.9. The molecule has 4 N–H and O–H groups in total. The second kappa shape index (κ2) is 7.99. The Hall–Kier alpha value is -2.30. The Labute approximate surface area is 119 Å². The van der Waals surface area contributed by atoms with Crippen molar-refractivity contribution in [3.8, 4) is 0 Å². The minimum atomic E-state index is -0.223. The minimum Gasteiger partial charge on any atom is -0.399 e. The molecule has 1 aromatic carbocycles. The number of nitrogens with two attached hydrogens (primary N) is 1. The van der Waals surface area contributed by atoms with Gasteiger partial charge in [0.1, 0.15) is 0 Å². The highest BCUT2D eigenvalue weighted by atomic mass is 16.2. The molecule has 0 saturated carbocycles. The van der Waals surface area contributed by atoms with Gasteiger partial charge >= 0.3 is 0 Å². The normalized spacial score (nSPS) is 10.8. The molecule has 0 heterocycles. The lowest BCUT2D eigenvalue weighted by Crippen LogP contribution is -2.33. The molecule has 0 atom stereocenters. The largest absolute Gasteiger partial charge is 0.399 e. The first kappa shape index (κ1) is 15.8. The molecule has 1 aromatic rings. The molecule has 0 aliphatic carbocycles. The van der Waals surface area contributed by atoms with Crippen LogP contribution in [0.5, 0.6) is 0 Å². The van der Waals surface area contributed by atoms with E-state index < -0.39 is 0 Å². The van der Waals surface area contributed by atoms with E-state index in [2.05, 4.69) is 10.6 Å². The predicted octanol–water partition coefficient (Wildman–Crippen LogP) is 1.31. The number of hydrogen-bond acceptors (Lipinski definition) is 3. The Morgan fingerprint density at radius 1 is 1.25 bits per heavy atom. The highest BCUT2D eigenvalue weighted by Gasteiger charge is 2.03. The zero-order valence-electron chi connectivity index (χ0n) is 11.8. The van der Waals surface area contributed by atoms with Gasteiger partial charge in [-0.3, -0.25) is 9.59 Å². The van der Waals surface area contributed by atoms with Crippen LogP contribution in [0.2, 0.25) is 0 Å². The molecule has 0 radical (unpaired) electrons. The van der Waals surface area contributed by atoms with Gasteiger partial charge in [0.2, 0.25) is 11.8 Å². The SMILES string of the molecule is CC(C)NC(=O)CCNC(=O)/C=C/c1ccc(N)cc1. The van der Waals surface area contributed by atoms with Crippen LogP contribution in [0.4, 0.5) is 5.69 Å². The lowest BCUT2D eigenvalue weighted by molar-refractivity contribution is -0.121. The molecule has 0 saturated heterocycles. The van der Waals surface area contributed by atoms with Gasteiger partial charge < -0.3 is 16.4 Å². The van der Waals surface area contributed by atoms with E-state index >= 15 is 0 Å². The molecular formula is C15H21N3O2. The van der Waals surface area contributed by atoms with Crippen LogP contribution in [0.3, 0.4) is 0 Å². The zero-order chi connectivity index (χ0) is 15.0. The quantitative estimate of drug-likeness (QED) is 0.540. The van der Waals surface area contributed by atoms with Crippen LogP contribution in [-0.4, -0.2) is 24.4 Å². The number of nitrogen functional groups attached to an aromatic ring is 1. The van der Waals surface area contributed by atoms with Crippen molar-refractivity contribution in [3.05, 3.63) is 35.9 Å². The van der Waals surface area contributed by atoms with Crippen molar-refractivity contribution in [1.82, 2.24) is 10.6 Å². The molecular weight excluding hydrogens is 254 g/mol. The van der Waals surface area contributed by atoms with Crippen LogP contribution in [0.15, 0.2) is 30.3 Å². The monoisotopic (exact) mass is 275 g/mol. The van der Waals surface area contributed by atoms with E-state index in [0.717, 1.165) is 5.56 Å². The summed E-state index contributed by atoms with van der Waals surface area (Å²) in [6.07, 6.45) is 3.41. The van der Waals surface area contributed by atoms with E-state index in [1.54, 1.807) is 18.2 Å². The summed E-state index contributed by atoms with van der Waals surface area (Å²) in [5.41, 5.74) is 7.15. The topological polar surface area (TPSA) is 84.2 Å². The molecule has 5 nitrogen and oxygen atoms in total. The van der Waals surface area contributed by atoms with Crippen LogP contribution in [0, 0.1) is 0 Å². The van der Waals surface area contributed by atoms with Crippen molar-refractivity contribution in [2.24, 2.45) is 0 Å². The Morgan fingerprint density at radius 3 is 2.50 bits per heavy atom. The average molecular weight is 275 g/mol. The summed E-state index contributed by atoms with van der Waals surface area (Å²) in [6.45, 7) is 4.11. The van der Waals surface area contributed by atoms with E-state index in [0.29, 0.717) is 12.2 Å². The van der Waals surface area contributed by atoms with Gasteiger partial charge in [-0.2, -0.15) is 0 Å². The first-order chi connectivity index (χ1) is 9.47. The fraction of sp³-hybridized carbons (Fsp3) is 0.333. The predicted molar refractivity (Wildman–Crippen MR) is 80.8 cm³/mol. The Bertz CT molecular complexity index is 478. The number of carbonyl (C=O) groups excluding carboxylic acids is 2. The molecule has 0 aliphatic rings. The van der Waals surface area contributed by atoms with Crippen LogP contribution in [0.1, 0.15) is 25.8 Å². The molecule has 0 aliphatic heterocycles. The Morgan fingerprint density at radius 2 is 1.90 bits per heavy atom. The van der Waals surface area contributed by atoms with Crippen LogP contribution in [-0.2, 0) is 9.59 Å². The molecule has 2 amide bonds. The first-order valence-electron chi connectivity index (χ1n) is 6.58. The van der Waals surface area contributed by atoms with Gasteiger partial charge in [0.05, 0.1) is 0 Å². The summed E-state index contributed by atoms with van der Waals surface area (Å²) in [6, 6.07) is 7.31. The van der Waals surface area contributed by atoms with Gasteiger partial charge in [-0.1, -0.05) is 12.1 Å². The molecule has 1 rings (SSSR count). The molecule has 0 aromatic heterocycles. The van der Waals surface area contributed by atoms with Gasteiger partial charge in [0.25, 0.3) is 0 Å². The molecule has 108 valence electrons. The molecule has 0 fully saturated rings. The molecule has 5 heteroatoms. The smallest absolute Gasteiger partial charge is 0.244 e. The van der Waals surface area contributed by atoms with E-state index in [4.69, 9.17) is 5.73 Å². The first-order valence-corrected chi connectivity index (χ1v) is 6.58. The molecule has 0 bridgehead atoms. The fourth-order valence-electron chi connectivity index (χ4n) is 1.53. The number of carbonyl (C=O) groups is 2. The average Bonchev–Trinajstić information content (AvgIpc) is 2.37. The van der Waals surface area contributed by atoms with E-state index in [1.165, 1.54) is 6.08 Å². The minimum absolute atomic E-state index is 0.0668. The lowest BCUT2D eigenvalue weighted by Gasteiger charge is -2.08. The number of hydrogen-bond donors (Lipinski definition) is 3. The second-order valence-corrected chi connectivity index (χ2v) is 4.76. The number of amides is 2. The van der Waals surface area contributed by atoms with Crippen molar-refractivity contribution < 1.29 is 9.59 Å². The number of nitrogens with one attached hydrogen (secondary N) is 2. The van der Waals surface area contributed by atoms with Gasteiger partial charge in [0.15, 0.2) is 0 Å². The summed E-state index contributed by atoms with van der Waals surface area (Å²) < 4.78 is 0. The Kier molecular flexibility index (Phi) is 6.29. The van der Waals surface area contributed by atoms with Crippen LogP contribution >= 0.6 is 0 Å². The maximum Gasteiger partial charge on any atom is 0.244 e. The summed E-state index contributed by atoms with van der Waals surface area (Å²) in [5, 5.41) is 5.42. The zero-order valence-corrected chi connectivity index (χ0v) is 11.8. The van der Waals surface area contributed by atoms with Gasteiger partial charge in [-0.05, 0) is 37.6 Å². The fourth-order valence-corrected chi connectivity index (χ4v) is 1.53. The third kappa shape index (κ3) is 6.58. The maximum absolute atomic E-state index is 11.5. The standard InChI is InChI=1S/C15H21N3O2/c1-11(2)18-15(20)9-10-17-14(19)8-5-12-3-6-13(16)7-4-12/h3-8,11H,9-10,16H2,1-2H3,(H,17,19)(H,18,20)/b8-5+. The van der Waals surface area contributed by atoms with Gasteiger partial charge in [-0.25, -0.2) is 0 Å². The van der Waals surface area contributed by atoms with E-state index in [-0.39, 0.29) is 24.3 Å². The van der Waals surface area contributed by atoms with Crippen molar-refractivity contribution in [2.75, 3.05) is 12.3 Å². The summed E-state index contributed by atoms with van der Waals surface area (Å²) in [5.74, 6) is -0.290. The Balaban J connectivity index is 2.30. The lowest BCUT2D eigenvalue weighted by atomic mass is 10.2. The van der Waals surface area contributed by atoms with E-state index in [1.807, 2.05) is 26.0 Å².